The maximum absolute atomic E-state index is 13.0. The fourth-order valence-electron chi connectivity index (χ4n) is 2.90. The first-order valence-electron chi connectivity index (χ1n) is 8.48. The molecule has 0 atom stereocenters. The van der Waals surface area contributed by atoms with E-state index in [-0.39, 0.29) is 27.6 Å². The Morgan fingerprint density at radius 1 is 1.39 bits per heavy atom. The van der Waals surface area contributed by atoms with Crippen LogP contribution in [0.3, 0.4) is 0 Å². The lowest BCUT2D eigenvalue weighted by atomic mass is 10.2. The fourth-order valence-corrected chi connectivity index (χ4v) is 4.48. The van der Waals surface area contributed by atoms with E-state index in [9.17, 15) is 23.3 Å². The number of rotatable bonds is 6. The number of carbonyl (C=O) groups excluding carboxylic acids is 1. The standard InChI is InChI=1S/C17H19N5O5S/c1-20-11-13-9-14(22(24)25)3-4-15(13)28(26,27)16(17(20)23)10-18-5-2-7-21-8-6-19-12-21/h3-4,6,8-10,12,18H,2,5,7,11H2,1H3/b16-10+. The number of benzene rings is 1. The normalized spacial score (nSPS) is 17.2. The summed E-state index contributed by atoms with van der Waals surface area (Å²) in [6.45, 7) is 1.12. The number of hydrogen-bond donors (Lipinski definition) is 1. The van der Waals surface area contributed by atoms with Gasteiger partial charge in [0.05, 0.1) is 16.1 Å². The van der Waals surface area contributed by atoms with E-state index in [1.54, 1.807) is 12.5 Å². The molecule has 0 bridgehead atoms. The Balaban J connectivity index is 1.83. The van der Waals surface area contributed by atoms with Crippen molar-refractivity contribution in [1.29, 1.82) is 0 Å². The van der Waals surface area contributed by atoms with Gasteiger partial charge in [-0.1, -0.05) is 0 Å². The number of carbonyl (C=O) groups is 1. The second-order valence-electron chi connectivity index (χ2n) is 6.33. The van der Waals surface area contributed by atoms with Gasteiger partial charge in [-0.05, 0) is 18.1 Å². The maximum atomic E-state index is 13.0. The quantitative estimate of drug-likeness (QED) is 0.329. The number of sulfone groups is 1. The van der Waals surface area contributed by atoms with Crippen molar-refractivity contribution in [2.45, 2.75) is 24.4 Å². The van der Waals surface area contributed by atoms with Gasteiger partial charge in [0.25, 0.3) is 11.6 Å². The summed E-state index contributed by atoms with van der Waals surface area (Å²) in [4.78, 5) is 27.7. The number of imidazole rings is 1. The highest BCUT2D eigenvalue weighted by Gasteiger charge is 2.35. The highest BCUT2D eigenvalue weighted by Crippen LogP contribution is 2.31. The van der Waals surface area contributed by atoms with E-state index in [0.717, 1.165) is 6.07 Å². The Bertz CT molecular complexity index is 1030. The molecule has 2 heterocycles. The van der Waals surface area contributed by atoms with Crippen LogP contribution in [0.1, 0.15) is 12.0 Å². The number of non-ortho nitro benzene ring substituents is 1. The summed E-state index contributed by atoms with van der Waals surface area (Å²) in [6, 6.07) is 3.50. The van der Waals surface area contributed by atoms with Gasteiger partial charge in [-0.25, -0.2) is 13.4 Å². The number of aromatic nitrogens is 2. The summed E-state index contributed by atoms with van der Waals surface area (Å²) in [5.41, 5.74) is -0.00610. The van der Waals surface area contributed by atoms with Crippen LogP contribution in [0.15, 0.2) is 52.9 Å². The lowest BCUT2D eigenvalue weighted by Gasteiger charge is -2.14. The number of likely N-dealkylation sites (N-methyl/N-ethyl adjacent to an activating group) is 1. The molecule has 1 aromatic carbocycles. The number of nitrogens with zero attached hydrogens (tertiary/aromatic N) is 4. The van der Waals surface area contributed by atoms with E-state index in [2.05, 4.69) is 10.3 Å². The molecule has 1 aliphatic rings. The minimum Gasteiger partial charge on any atom is -0.390 e. The molecular formula is C17H19N5O5S. The molecule has 0 saturated carbocycles. The molecule has 0 radical (unpaired) electrons. The summed E-state index contributed by atoms with van der Waals surface area (Å²) >= 11 is 0. The van der Waals surface area contributed by atoms with Crippen LogP contribution in [-0.4, -0.2) is 47.3 Å². The van der Waals surface area contributed by atoms with Gasteiger partial charge in [0.2, 0.25) is 9.84 Å². The van der Waals surface area contributed by atoms with Crippen LogP contribution < -0.4 is 5.32 Å². The highest BCUT2D eigenvalue weighted by atomic mass is 32.2. The second-order valence-corrected chi connectivity index (χ2v) is 8.22. The van der Waals surface area contributed by atoms with Gasteiger partial charge in [-0.3, -0.25) is 14.9 Å². The molecule has 0 saturated heterocycles. The van der Waals surface area contributed by atoms with E-state index in [0.29, 0.717) is 19.5 Å². The van der Waals surface area contributed by atoms with E-state index in [1.165, 1.54) is 30.3 Å². The number of aryl methyl sites for hydroxylation is 1. The molecule has 148 valence electrons. The summed E-state index contributed by atoms with van der Waals surface area (Å²) in [5.74, 6) is -0.666. The average molecular weight is 405 g/mol. The van der Waals surface area contributed by atoms with Crippen LogP contribution in [0.25, 0.3) is 0 Å². The lowest BCUT2D eigenvalue weighted by Crippen LogP contribution is -2.28. The van der Waals surface area contributed by atoms with Crippen LogP contribution >= 0.6 is 0 Å². The zero-order valence-electron chi connectivity index (χ0n) is 15.1. The first-order chi connectivity index (χ1) is 13.3. The predicted molar refractivity (Wildman–Crippen MR) is 99.7 cm³/mol. The van der Waals surface area contributed by atoms with Gasteiger partial charge in [-0.15, -0.1) is 0 Å². The van der Waals surface area contributed by atoms with Gasteiger partial charge >= 0.3 is 0 Å². The number of amides is 1. The Morgan fingerprint density at radius 3 is 2.86 bits per heavy atom. The van der Waals surface area contributed by atoms with Crippen molar-refractivity contribution in [2.24, 2.45) is 0 Å². The number of nitro groups is 1. The van der Waals surface area contributed by atoms with Crippen LogP contribution in [0.4, 0.5) is 5.69 Å². The SMILES string of the molecule is CN1Cc2cc([N+](=O)[O-])ccc2S(=O)(=O)/C(=C/NCCCn2ccnc2)C1=O. The van der Waals surface area contributed by atoms with Crippen LogP contribution in [0.5, 0.6) is 0 Å². The Morgan fingerprint density at radius 2 is 2.18 bits per heavy atom. The lowest BCUT2D eigenvalue weighted by molar-refractivity contribution is -0.385. The van der Waals surface area contributed by atoms with E-state index in [1.807, 2.05) is 10.8 Å². The molecule has 2 aromatic rings. The van der Waals surface area contributed by atoms with Gasteiger partial charge in [-0.2, -0.15) is 0 Å². The minimum atomic E-state index is -4.10. The molecule has 1 aromatic heterocycles. The van der Waals surface area contributed by atoms with Crippen molar-refractivity contribution in [3.05, 3.63) is 63.7 Å². The third-order valence-electron chi connectivity index (χ3n) is 4.33. The molecule has 0 spiro atoms. The largest absolute Gasteiger partial charge is 0.390 e. The second kappa shape index (κ2) is 7.80. The number of nitro benzene ring substituents is 1. The van der Waals surface area contributed by atoms with Gasteiger partial charge in [0, 0.05) is 57.4 Å². The molecule has 0 fully saturated rings. The summed E-state index contributed by atoms with van der Waals surface area (Å²) in [5, 5.41) is 13.9. The Labute approximate surface area is 161 Å². The Hall–Kier alpha value is -3.21. The maximum Gasteiger partial charge on any atom is 0.269 e. The molecule has 1 aliphatic heterocycles. The molecule has 0 unspecified atom stereocenters. The van der Waals surface area contributed by atoms with E-state index in [4.69, 9.17) is 0 Å². The van der Waals surface area contributed by atoms with Crippen LogP contribution in [0, 0.1) is 10.1 Å². The fraction of sp³-hybridized carbons (Fsp3) is 0.294. The van der Waals surface area contributed by atoms with Crippen LogP contribution in [-0.2, 0) is 27.7 Å². The molecular weight excluding hydrogens is 386 g/mol. The monoisotopic (exact) mass is 405 g/mol. The highest BCUT2D eigenvalue weighted by molar-refractivity contribution is 7.96. The van der Waals surface area contributed by atoms with Gasteiger partial charge in [0.1, 0.15) is 0 Å². The van der Waals surface area contributed by atoms with E-state index >= 15 is 0 Å². The van der Waals surface area contributed by atoms with Crippen LogP contribution in [0.2, 0.25) is 0 Å². The third-order valence-corrected chi connectivity index (χ3v) is 6.18. The average Bonchev–Trinajstić information content (AvgIpc) is 3.14. The van der Waals surface area contributed by atoms with Crippen molar-refractivity contribution in [3.8, 4) is 0 Å². The molecule has 10 nitrogen and oxygen atoms in total. The third kappa shape index (κ3) is 3.88. The summed E-state index contributed by atoms with van der Waals surface area (Å²) in [7, 11) is -2.65. The number of fused-ring (bicyclic) bond motifs is 1. The van der Waals surface area contributed by atoms with Crippen molar-refractivity contribution >= 4 is 21.4 Å². The number of hydrogen-bond acceptors (Lipinski definition) is 7. The minimum absolute atomic E-state index is 0.0347. The van der Waals surface area contributed by atoms with Gasteiger partial charge < -0.3 is 14.8 Å². The molecule has 11 heteroatoms. The Kier molecular flexibility index (Phi) is 5.45. The van der Waals surface area contributed by atoms with Crippen molar-refractivity contribution in [1.82, 2.24) is 19.8 Å². The molecule has 3 rings (SSSR count). The van der Waals surface area contributed by atoms with Gasteiger partial charge in [0.15, 0.2) is 4.91 Å². The molecule has 0 aliphatic carbocycles. The van der Waals surface area contributed by atoms with Crippen molar-refractivity contribution < 1.29 is 18.1 Å². The molecule has 1 amide bonds. The summed E-state index contributed by atoms with van der Waals surface area (Å²) in [6.07, 6.45) is 7.08. The van der Waals surface area contributed by atoms with Crippen molar-refractivity contribution in [2.75, 3.05) is 13.6 Å². The smallest absolute Gasteiger partial charge is 0.269 e. The predicted octanol–water partition coefficient (Wildman–Crippen LogP) is 1.06. The first kappa shape index (κ1) is 19.5. The topological polar surface area (TPSA) is 127 Å². The number of nitrogens with one attached hydrogen (secondary N) is 1. The zero-order chi connectivity index (χ0) is 20.3. The molecule has 1 N–H and O–H groups in total. The van der Waals surface area contributed by atoms with E-state index < -0.39 is 20.7 Å². The first-order valence-corrected chi connectivity index (χ1v) is 9.96. The zero-order valence-corrected chi connectivity index (χ0v) is 15.9. The summed E-state index contributed by atoms with van der Waals surface area (Å²) < 4.78 is 27.8. The molecule has 28 heavy (non-hydrogen) atoms. The van der Waals surface area contributed by atoms with Crippen molar-refractivity contribution in [3.63, 3.8) is 0 Å².